The number of nitrogens with zero attached hydrogens (tertiary/aromatic N) is 1. The number of hydrogen-bond donors (Lipinski definition) is 0. The Hall–Kier alpha value is -2.53. The van der Waals surface area contributed by atoms with Gasteiger partial charge in [-0.15, -0.1) is 0 Å². The quantitative estimate of drug-likeness (QED) is 0.551. The SMILES string of the molecule is C=C(CC(c1ccccc1)C(C#N)c1ccccc1)OC.CC.CC. The number of benzene rings is 2. The molecule has 0 N–H and O–H groups in total. The molecule has 0 aliphatic carbocycles. The van der Waals surface area contributed by atoms with Crippen LogP contribution in [-0.4, -0.2) is 7.11 Å². The summed E-state index contributed by atoms with van der Waals surface area (Å²) in [6.45, 7) is 11.9. The van der Waals surface area contributed by atoms with Crippen LogP contribution in [0.5, 0.6) is 0 Å². The average molecular weight is 338 g/mol. The van der Waals surface area contributed by atoms with Crippen molar-refractivity contribution in [3.05, 3.63) is 84.1 Å². The largest absolute Gasteiger partial charge is 0.502 e. The Labute approximate surface area is 153 Å². The zero-order valence-electron chi connectivity index (χ0n) is 16.2. The smallest absolute Gasteiger partial charge is 0.0890 e. The van der Waals surface area contributed by atoms with Crippen molar-refractivity contribution in [3.63, 3.8) is 0 Å². The third-order valence-electron chi connectivity index (χ3n) is 3.66. The number of methoxy groups -OCH3 is 1. The summed E-state index contributed by atoms with van der Waals surface area (Å²) in [7, 11) is 1.62. The van der Waals surface area contributed by atoms with E-state index in [1.165, 1.54) is 0 Å². The van der Waals surface area contributed by atoms with Gasteiger partial charge in [0.1, 0.15) is 0 Å². The number of allylic oxidation sites excluding steroid dienone is 1. The first-order valence-electron chi connectivity index (χ1n) is 8.97. The van der Waals surface area contributed by atoms with Gasteiger partial charge in [-0.05, 0) is 11.1 Å². The van der Waals surface area contributed by atoms with Crippen molar-refractivity contribution in [1.29, 1.82) is 5.26 Å². The van der Waals surface area contributed by atoms with Crippen LogP contribution in [0.25, 0.3) is 0 Å². The molecule has 0 amide bonds. The predicted octanol–water partition coefficient (Wildman–Crippen LogP) is 6.68. The maximum absolute atomic E-state index is 9.68. The third kappa shape index (κ3) is 7.27. The average Bonchev–Trinajstić information content (AvgIpc) is 2.72. The molecule has 0 heterocycles. The summed E-state index contributed by atoms with van der Waals surface area (Å²) in [5.74, 6) is 0.506. The lowest BCUT2D eigenvalue weighted by Gasteiger charge is -2.23. The predicted molar refractivity (Wildman–Crippen MR) is 107 cm³/mol. The molecule has 0 fully saturated rings. The molecule has 2 heteroatoms. The molecule has 2 unspecified atom stereocenters. The van der Waals surface area contributed by atoms with E-state index in [1.807, 2.05) is 76.2 Å². The van der Waals surface area contributed by atoms with Gasteiger partial charge in [-0.1, -0.05) is 94.9 Å². The van der Waals surface area contributed by atoms with Gasteiger partial charge in [0.05, 0.1) is 24.9 Å². The zero-order valence-corrected chi connectivity index (χ0v) is 16.2. The van der Waals surface area contributed by atoms with Gasteiger partial charge in [0.2, 0.25) is 0 Å². The minimum Gasteiger partial charge on any atom is -0.502 e. The highest BCUT2D eigenvalue weighted by Gasteiger charge is 2.25. The molecule has 2 aromatic carbocycles. The zero-order chi connectivity index (χ0) is 19.1. The van der Waals surface area contributed by atoms with E-state index in [0.717, 1.165) is 11.1 Å². The second-order valence-electron chi connectivity index (χ2n) is 4.98. The lowest BCUT2D eigenvalue weighted by atomic mass is 9.80. The Morgan fingerprint density at radius 1 is 0.920 bits per heavy atom. The fraction of sp³-hybridized carbons (Fsp3) is 0.348. The van der Waals surface area contributed by atoms with Crippen LogP contribution >= 0.6 is 0 Å². The maximum Gasteiger partial charge on any atom is 0.0890 e. The molecule has 0 aliphatic heterocycles. The van der Waals surface area contributed by atoms with Crippen LogP contribution < -0.4 is 0 Å². The van der Waals surface area contributed by atoms with Crippen LogP contribution in [-0.2, 0) is 4.74 Å². The Bertz CT molecular complexity index is 614. The van der Waals surface area contributed by atoms with Gasteiger partial charge >= 0.3 is 0 Å². The van der Waals surface area contributed by atoms with Gasteiger partial charge in [-0.2, -0.15) is 5.26 Å². The third-order valence-corrected chi connectivity index (χ3v) is 3.66. The Morgan fingerprint density at radius 2 is 1.36 bits per heavy atom. The Kier molecular flexibility index (Phi) is 12.5. The summed E-state index contributed by atoms with van der Waals surface area (Å²) in [4.78, 5) is 0. The molecule has 0 saturated heterocycles. The van der Waals surface area contributed by atoms with E-state index in [-0.39, 0.29) is 11.8 Å². The highest BCUT2D eigenvalue weighted by atomic mass is 16.5. The van der Waals surface area contributed by atoms with Crippen LogP contribution in [0.4, 0.5) is 0 Å². The molecule has 0 bridgehead atoms. The molecule has 134 valence electrons. The summed E-state index contributed by atoms with van der Waals surface area (Å²) in [5, 5.41) is 9.68. The molecule has 25 heavy (non-hydrogen) atoms. The van der Waals surface area contributed by atoms with Crippen LogP contribution in [0.15, 0.2) is 73.0 Å². The lowest BCUT2D eigenvalue weighted by Crippen LogP contribution is -2.11. The first-order chi connectivity index (χ1) is 12.3. The second-order valence-corrected chi connectivity index (χ2v) is 4.98. The van der Waals surface area contributed by atoms with Gasteiger partial charge in [0.15, 0.2) is 0 Å². The Morgan fingerprint density at radius 3 is 1.76 bits per heavy atom. The second kappa shape index (κ2) is 13.9. The van der Waals surface area contributed by atoms with Crippen molar-refractivity contribution in [2.24, 2.45) is 0 Å². The number of nitriles is 1. The molecule has 0 radical (unpaired) electrons. The van der Waals surface area contributed by atoms with E-state index < -0.39 is 0 Å². The molecule has 2 rings (SSSR count). The normalized spacial score (nSPS) is 11.4. The van der Waals surface area contributed by atoms with Crippen molar-refractivity contribution < 1.29 is 4.74 Å². The summed E-state index contributed by atoms with van der Waals surface area (Å²) < 4.78 is 5.23. The van der Waals surface area contributed by atoms with Crippen LogP contribution in [0.3, 0.4) is 0 Å². The summed E-state index contributed by atoms with van der Waals surface area (Å²) in [6.07, 6.45) is 0.633. The van der Waals surface area contributed by atoms with Gasteiger partial charge in [-0.25, -0.2) is 0 Å². The maximum atomic E-state index is 9.68. The first kappa shape index (κ1) is 22.5. The molecule has 0 saturated carbocycles. The van der Waals surface area contributed by atoms with E-state index in [1.54, 1.807) is 7.11 Å². The summed E-state index contributed by atoms with van der Waals surface area (Å²) in [6, 6.07) is 22.4. The van der Waals surface area contributed by atoms with Crippen molar-refractivity contribution in [2.75, 3.05) is 7.11 Å². The molecule has 0 aromatic heterocycles. The molecular formula is C23H31NO. The van der Waals surface area contributed by atoms with Crippen molar-refractivity contribution in [1.82, 2.24) is 0 Å². The number of ether oxygens (including phenoxy) is 1. The van der Waals surface area contributed by atoms with E-state index in [9.17, 15) is 5.26 Å². The topological polar surface area (TPSA) is 33.0 Å². The van der Waals surface area contributed by atoms with Crippen LogP contribution in [0, 0.1) is 11.3 Å². The molecule has 0 aliphatic rings. The van der Waals surface area contributed by atoms with Crippen molar-refractivity contribution >= 4 is 0 Å². The van der Waals surface area contributed by atoms with Crippen molar-refractivity contribution in [2.45, 2.75) is 46.0 Å². The van der Waals surface area contributed by atoms with Gasteiger partial charge in [0.25, 0.3) is 0 Å². The molecule has 2 nitrogen and oxygen atoms in total. The monoisotopic (exact) mass is 337 g/mol. The molecule has 0 spiro atoms. The fourth-order valence-corrected chi connectivity index (χ4v) is 2.51. The number of rotatable bonds is 6. The first-order valence-corrected chi connectivity index (χ1v) is 8.97. The molecule has 2 atom stereocenters. The van der Waals surface area contributed by atoms with Gasteiger partial charge in [0, 0.05) is 12.3 Å². The minimum absolute atomic E-state index is 0.0334. The van der Waals surface area contributed by atoms with E-state index in [2.05, 4.69) is 24.8 Å². The lowest BCUT2D eigenvalue weighted by molar-refractivity contribution is 0.270. The number of hydrogen-bond acceptors (Lipinski definition) is 2. The van der Waals surface area contributed by atoms with E-state index >= 15 is 0 Å². The standard InChI is InChI=1S/C19H19NO.2C2H6/c1-15(21-2)13-18(16-9-5-3-6-10-16)19(14-20)17-11-7-4-8-12-17;2*1-2/h3-12,18-19H,1,13H2,2H3;2*1-2H3. The highest BCUT2D eigenvalue weighted by Crippen LogP contribution is 2.37. The van der Waals surface area contributed by atoms with Gasteiger partial charge in [-0.3, -0.25) is 0 Å². The molecular weight excluding hydrogens is 306 g/mol. The highest BCUT2D eigenvalue weighted by molar-refractivity contribution is 5.33. The minimum atomic E-state index is -0.222. The Balaban J connectivity index is 0.00000134. The van der Waals surface area contributed by atoms with Gasteiger partial charge < -0.3 is 4.74 Å². The fourth-order valence-electron chi connectivity index (χ4n) is 2.51. The summed E-state index contributed by atoms with van der Waals surface area (Å²) >= 11 is 0. The van der Waals surface area contributed by atoms with Crippen LogP contribution in [0.1, 0.15) is 57.1 Å². The van der Waals surface area contributed by atoms with E-state index in [4.69, 9.17) is 4.74 Å². The molecule has 2 aromatic rings. The van der Waals surface area contributed by atoms with Crippen molar-refractivity contribution in [3.8, 4) is 6.07 Å². The summed E-state index contributed by atoms with van der Waals surface area (Å²) in [5.41, 5.74) is 2.16. The van der Waals surface area contributed by atoms with Crippen LogP contribution in [0.2, 0.25) is 0 Å². The van der Waals surface area contributed by atoms with E-state index in [0.29, 0.717) is 12.2 Å².